The molecule has 19 heavy (non-hydrogen) atoms. The van der Waals surface area contributed by atoms with E-state index in [1.807, 2.05) is 42.1 Å². The quantitative estimate of drug-likeness (QED) is 0.778. The molecule has 0 spiro atoms. The van der Waals surface area contributed by atoms with Crippen molar-refractivity contribution in [3.63, 3.8) is 0 Å². The molecule has 0 aliphatic rings. The Morgan fingerprint density at radius 2 is 1.89 bits per heavy atom. The van der Waals surface area contributed by atoms with E-state index in [4.69, 9.17) is 0 Å². The highest BCUT2D eigenvalue weighted by Crippen LogP contribution is 2.26. The van der Waals surface area contributed by atoms with Gasteiger partial charge in [-0.3, -0.25) is 0 Å². The van der Waals surface area contributed by atoms with Crippen LogP contribution in [-0.2, 0) is 0 Å². The molecule has 3 aromatic rings. The Bertz CT molecular complexity index is 713. The van der Waals surface area contributed by atoms with Gasteiger partial charge < -0.3 is 5.11 Å². The molecule has 0 saturated carbocycles. The van der Waals surface area contributed by atoms with E-state index in [9.17, 15) is 5.11 Å². The van der Waals surface area contributed by atoms with Crippen molar-refractivity contribution < 1.29 is 5.11 Å². The normalized spacial score (nSPS) is 10.8. The zero-order valence-corrected chi connectivity index (χ0v) is 11.5. The van der Waals surface area contributed by atoms with Crippen LogP contribution in [0.15, 0.2) is 35.7 Å². The standard InChI is InChI=1S/C14H13N3OS/c1-9-7-10(2)17(16-9)14-15-13(8-19-14)11-3-5-12(18)6-4-11/h3-8,18H,1-2H3. The van der Waals surface area contributed by atoms with Gasteiger partial charge >= 0.3 is 0 Å². The maximum absolute atomic E-state index is 9.29. The Morgan fingerprint density at radius 3 is 2.53 bits per heavy atom. The lowest BCUT2D eigenvalue weighted by Gasteiger charge is -1.98. The Kier molecular flexibility index (Phi) is 2.83. The molecule has 2 heterocycles. The predicted molar refractivity (Wildman–Crippen MR) is 75.8 cm³/mol. The highest BCUT2D eigenvalue weighted by molar-refractivity contribution is 7.12. The van der Waals surface area contributed by atoms with Gasteiger partial charge in [0.2, 0.25) is 5.13 Å². The summed E-state index contributed by atoms with van der Waals surface area (Å²) in [7, 11) is 0. The summed E-state index contributed by atoms with van der Waals surface area (Å²) in [4.78, 5) is 4.59. The van der Waals surface area contributed by atoms with Crippen molar-refractivity contribution in [2.45, 2.75) is 13.8 Å². The molecule has 2 aromatic heterocycles. The molecule has 0 atom stereocenters. The third-order valence-corrected chi connectivity index (χ3v) is 3.66. The Balaban J connectivity index is 1.99. The summed E-state index contributed by atoms with van der Waals surface area (Å²) >= 11 is 1.56. The third-order valence-electron chi connectivity index (χ3n) is 2.85. The Morgan fingerprint density at radius 1 is 1.16 bits per heavy atom. The molecule has 0 saturated heterocycles. The van der Waals surface area contributed by atoms with Gasteiger partial charge in [0.1, 0.15) is 5.75 Å². The van der Waals surface area contributed by atoms with Crippen LogP contribution in [0.3, 0.4) is 0 Å². The topological polar surface area (TPSA) is 50.9 Å². The Hall–Kier alpha value is -2.14. The average Bonchev–Trinajstić information content (AvgIpc) is 2.97. The summed E-state index contributed by atoms with van der Waals surface area (Å²) in [6.45, 7) is 3.99. The van der Waals surface area contributed by atoms with Crippen LogP contribution in [0, 0.1) is 13.8 Å². The van der Waals surface area contributed by atoms with Crippen LogP contribution in [0.2, 0.25) is 0 Å². The fraction of sp³-hybridized carbons (Fsp3) is 0.143. The molecule has 5 heteroatoms. The highest BCUT2D eigenvalue weighted by Gasteiger charge is 2.09. The number of hydrogen-bond acceptors (Lipinski definition) is 4. The zero-order valence-electron chi connectivity index (χ0n) is 10.7. The first-order chi connectivity index (χ1) is 9.13. The first-order valence-corrected chi connectivity index (χ1v) is 6.80. The number of nitrogens with zero attached hydrogens (tertiary/aromatic N) is 3. The molecule has 0 fully saturated rings. The number of phenols is 1. The summed E-state index contributed by atoms with van der Waals surface area (Å²) in [6.07, 6.45) is 0. The molecule has 0 aliphatic heterocycles. The molecule has 0 unspecified atom stereocenters. The van der Waals surface area contributed by atoms with E-state index < -0.39 is 0 Å². The molecule has 96 valence electrons. The Labute approximate surface area is 115 Å². The smallest absolute Gasteiger partial charge is 0.211 e. The minimum Gasteiger partial charge on any atom is -0.508 e. The van der Waals surface area contributed by atoms with Gasteiger partial charge in [-0.1, -0.05) is 0 Å². The van der Waals surface area contributed by atoms with Gasteiger partial charge in [0.05, 0.1) is 11.4 Å². The number of thiazole rings is 1. The summed E-state index contributed by atoms with van der Waals surface area (Å²) in [6, 6.07) is 9.07. The van der Waals surface area contributed by atoms with Gasteiger partial charge in [-0.15, -0.1) is 11.3 Å². The van der Waals surface area contributed by atoms with Gasteiger partial charge in [-0.2, -0.15) is 5.10 Å². The molecular formula is C14H13N3OS. The molecule has 1 aromatic carbocycles. The van der Waals surface area contributed by atoms with Crippen molar-refractivity contribution in [2.24, 2.45) is 0 Å². The van der Waals surface area contributed by atoms with Crippen LogP contribution < -0.4 is 0 Å². The first kappa shape index (κ1) is 11.9. The predicted octanol–water partition coefficient (Wildman–Crippen LogP) is 3.32. The van der Waals surface area contributed by atoms with E-state index in [-0.39, 0.29) is 5.75 Å². The monoisotopic (exact) mass is 271 g/mol. The maximum Gasteiger partial charge on any atom is 0.211 e. The zero-order chi connectivity index (χ0) is 13.4. The van der Waals surface area contributed by atoms with Crippen LogP contribution in [0.1, 0.15) is 11.4 Å². The second kappa shape index (κ2) is 4.51. The molecule has 0 radical (unpaired) electrons. The molecular weight excluding hydrogens is 258 g/mol. The number of aromatic hydroxyl groups is 1. The van der Waals surface area contributed by atoms with Crippen molar-refractivity contribution in [2.75, 3.05) is 0 Å². The first-order valence-electron chi connectivity index (χ1n) is 5.92. The number of hydrogen-bond donors (Lipinski definition) is 1. The molecule has 0 aliphatic carbocycles. The van der Waals surface area contributed by atoms with E-state index in [0.29, 0.717) is 0 Å². The van der Waals surface area contributed by atoms with E-state index in [1.54, 1.807) is 23.5 Å². The van der Waals surface area contributed by atoms with Crippen LogP contribution in [0.25, 0.3) is 16.4 Å². The summed E-state index contributed by atoms with van der Waals surface area (Å²) < 4.78 is 1.85. The van der Waals surface area contributed by atoms with Crippen molar-refractivity contribution in [1.29, 1.82) is 0 Å². The van der Waals surface area contributed by atoms with Crippen molar-refractivity contribution in [1.82, 2.24) is 14.8 Å². The van der Waals surface area contributed by atoms with Crippen LogP contribution in [-0.4, -0.2) is 19.9 Å². The number of benzene rings is 1. The molecule has 0 bridgehead atoms. The van der Waals surface area contributed by atoms with Gasteiger partial charge in [0, 0.05) is 16.6 Å². The number of aromatic nitrogens is 3. The maximum atomic E-state index is 9.29. The summed E-state index contributed by atoms with van der Waals surface area (Å²) in [5.41, 5.74) is 3.94. The second-order valence-electron chi connectivity index (χ2n) is 4.40. The SMILES string of the molecule is Cc1cc(C)n(-c2nc(-c3ccc(O)cc3)cs2)n1. The van der Waals surface area contributed by atoms with Gasteiger partial charge in [0.15, 0.2) is 0 Å². The molecule has 1 N–H and O–H groups in total. The largest absolute Gasteiger partial charge is 0.508 e. The van der Waals surface area contributed by atoms with Crippen LogP contribution in [0.5, 0.6) is 5.75 Å². The fourth-order valence-corrected chi connectivity index (χ4v) is 2.79. The lowest BCUT2D eigenvalue weighted by molar-refractivity contribution is 0.475. The summed E-state index contributed by atoms with van der Waals surface area (Å²) in [5, 5.41) is 16.6. The molecule has 3 rings (SSSR count). The average molecular weight is 271 g/mol. The van der Waals surface area contributed by atoms with Crippen molar-refractivity contribution >= 4 is 11.3 Å². The minimum atomic E-state index is 0.262. The minimum absolute atomic E-state index is 0.262. The number of phenolic OH excluding ortho intramolecular Hbond substituents is 1. The van der Waals surface area contributed by atoms with Gasteiger partial charge in [-0.25, -0.2) is 9.67 Å². The highest BCUT2D eigenvalue weighted by atomic mass is 32.1. The molecule has 4 nitrogen and oxygen atoms in total. The number of rotatable bonds is 2. The van der Waals surface area contributed by atoms with E-state index in [1.165, 1.54) is 0 Å². The van der Waals surface area contributed by atoms with Gasteiger partial charge in [0.25, 0.3) is 0 Å². The van der Waals surface area contributed by atoms with E-state index in [0.717, 1.165) is 27.8 Å². The lowest BCUT2D eigenvalue weighted by Crippen LogP contribution is -1.98. The lowest BCUT2D eigenvalue weighted by atomic mass is 10.2. The fourth-order valence-electron chi connectivity index (χ4n) is 1.95. The van der Waals surface area contributed by atoms with E-state index >= 15 is 0 Å². The third kappa shape index (κ3) is 2.24. The van der Waals surface area contributed by atoms with Crippen LogP contribution in [0.4, 0.5) is 0 Å². The molecule has 0 amide bonds. The van der Waals surface area contributed by atoms with Gasteiger partial charge in [-0.05, 0) is 44.2 Å². The van der Waals surface area contributed by atoms with E-state index in [2.05, 4.69) is 10.1 Å². The van der Waals surface area contributed by atoms with Crippen molar-refractivity contribution in [3.8, 4) is 22.1 Å². The van der Waals surface area contributed by atoms with Crippen LogP contribution >= 0.6 is 11.3 Å². The second-order valence-corrected chi connectivity index (χ2v) is 5.24. The van der Waals surface area contributed by atoms with Crippen molar-refractivity contribution in [3.05, 3.63) is 47.1 Å². The summed E-state index contributed by atoms with van der Waals surface area (Å²) in [5.74, 6) is 0.262. The number of aryl methyl sites for hydroxylation is 2.